The summed E-state index contributed by atoms with van der Waals surface area (Å²) in [6, 6.07) is 24.1. The van der Waals surface area contributed by atoms with E-state index in [0.29, 0.717) is 33.5 Å². The van der Waals surface area contributed by atoms with E-state index in [4.69, 9.17) is 0 Å². The molecule has 4 rings (SSSR count). The van der Waals surface area contributed by atoms with Gasteiger partial charge in [-0.2, -0.15) is 13.2 Å². The molecule has 0 aliphatic rings. The summed E-state index contributed by atoms with van der Waals surface area (Å²) in [6.07, 6.45) is -4.46. The van der Waals surface area contributed by atoms with E-state index >= 15 is 0 Å². The number of rotatable bonds is 8. The largest absolute Gasteiger partial charge is 0.416 e. The SMILES string of the molecule is Cc1cc(C(=O)N[C@H](C(=O)N(C)C(C)C)c2ccccc2)ccc1NC(=O)c1ccccc1-c1ccc(C(F)(F)F)cc1. The maximum Gasteiger partial charge on any atom is 0.416 e. The number of amides is 3. The molecule has 0 aliphatic carbocycles. The predicted molar refractivity (Wildman–Crippen MR) is 161 cm³/mol. The third-order valence-corrected chi connectivity index (χ3v) is 7.21. The van der Waals surface area contributed by atoms with Crippen LogP contribution >= 0.6 is 0 Å². The van der Waals surface area contributed by atoms with Crippen molar-refractivity contribution in [1.82, 2.24) is 10.2 Å². The van der Waals surface area contributed by atoms with Crippen molar-refractivity contribution in [1.29, 1.82) is 0 Å². The van der Waals surface area contributed by atoms with Gasteiger partial charge in [0.25, 0.3) is 11.8 Å². The van der Waals surface area contributed by atoms with Crippen LogP contribution in [0.15, 0.2) is 97.1 Å². The monoisotopic (exact) mass is 587 g/mol. The van der Waals surface area contributed by atoms with Crippen molar-refractivity contribution in [3.63, 3.8) is 0 Å². The Morgan fingerprint density at radius 3 is 2.02 bits per heavy atom. The molecule has 0 radical (unpaired) electrons. The molecule has 1 atom stereocenters. The quantitative estimate of drug-likeness (QED) is 0.228. The lowest BCUT2D eigenvalue weighted by Gasteiger charge is -2.28. The number of carbonyl (C=O) groups excluding carboxylic acids is 3. The highest BCUT2D eigenvalue weighted by molar-refractivity contribution is 6.09. The number of hydrogen-bond donors (Lipinski definition) is 2. The van der Waals surface area contributed by atoms with Crippen molar-refractivity contribution >= 4 is 23.4 Å². The lowest BCUT2D eigenvalue weighted by Crippen LogP contribution is -2.43. The summed E-state index contributed by atoms with van der Waals surface area (Å²) in [5, 5.41) is 5.69. The van der Waals surface area contributed by atoms with Crippen molar-refractivity contribution in [2.75, 3.05) is 12.4 Å². The van der Waals surface area contributed by atoms with E-state index < -0.39 is 29.6 Å². The van der Waals surface area contributed by atoms with Gasteiger partial charge in [0.2, 0.25) is 5.91 Å². The molecule has 6 nitrogen and oxygen atoms in total. The molecule has 0 spiro atoms. The zero-order chi connectivity index (χ0) is 31.3. The summed E-state index contributed by atoms with van der Waals surface area (Å²) in [5.74, 6) is -1.16. The molecule has 3 amide bonds. The fraction of sp³-hybridized carbons (Fsp3) is 0.206. The van der Waals surface area contributed by atoms with Gasteiger partial charge in [-0.25, -0.2) is 0 Å². The van der Waals surface area contributed by atoms with Crippen molar-refractivity contribution < 1.29 is 27.6 Å². The van der Waals surface area contributed by atoms with Gasteiger partial charge in [-0.3, -0.25) is 14.4 Å². The van der Waals surface area contributed by atoms with E-state index in [1.165, 1.54) is 12.1 Å². The second kappa shape index (κ2) is 12.9. The van der Waals surface area contributed by atoms with Gasteiger partial charge in [0.05, 0.1) is 5.56 Å². The molecule has 4 aromatic carbocycles. The number of likely N-dealkylation sites (N-methyl/N-ethyl adjacent to an activating group) is 1. The topological polar surface area (TPSA) is 78.5 Å². The number of carbonyl (C=O) groups is 3. The molecule has 0 unspecified atom stereocenters. The Morgan fingerprint density at radius 1 is 0.791 bits per heavy atom. The third-order valence-electron chi connectivity index (χ3n) is 7.21. The molecule has 0 saturated heterocycles. The molecule has 0 heterocycles. The molecule has 0 aromatic heterocycles. The second-order valence-electron chi connectivity index (χ2n) is 10.5. The fourth-order valence-electron chi connectivity index (χ4n) is 4.51. The lowest BCUT2D eigenvalue weighted by molar-refractivity contribution is -0.137. The Kier molecular flexibility index (Phi) is 9.34. The van der Waals surface area contributed by atoms with Crippen LogP contribution < -0.4 is 10.6 Å². The zero-order valence-electron chi connectivity index (χ0n) is 24.2. The first kappa shape index (κ1) is 31.0. The second-order valence-corrected chi connectivity index (χ2v) is 10.5. The first-order chi connectivity index (χ1) is 20.4. The Bertz CT molecular complexity index is 1620. The molecule has 0 fully saturated rings. The van der Waals surface area contributed by atoms with E-state index in [0.717, 1.165) is 12.1 Å². The van der Waals surface area contributed by atoms with E-state index in [-0.39, 0.29) is 17.5 Å². The smallest absolute Gasteiger partial charge is 0.341 e. The van der Waals surface area contributed by atoms with Crippen LogP contribution in [0.3, 0.4) is 0 Å². The molecule has 4 aromatic rings. The van der Waals surface area contributed by atoms with Crippen LogP contribution in [0.5, 0.6) is 0 Å². The van der Waals surface area contributed by atoms with Crippen LogP contribution in [0.2, 0.25) is 0 Å². The Morgan fingerprint density at radius 2 is 1.42 bits per heavy atom. The lowest BCUT2D eigenvalue weighted by atomic mass is 9.98. The Labute approximate surface area is 248 Å². The summed E-state index contributed by atoms with van der Waals surface area (Å²) in [7, 11) is 1.69. The third kappa shape index (κ3) is 7.30. The van der Waals surface area contributed by atoms with Gasteiger partial charge in [0, 0.05) is 29.9 Å². The van der Waals surface area contributed by atoms with Crippen molar-refractivity contribution in [3.05, 3.63) is 125 Å². The maximum atomic E-state index is 13.3. The number of nitrogens with one attached hydrogen (secondary N) is 2. The molecule has 9 heteroatoms. The van der Waals surface area contributed by atoms with Gasteiger partial charge in [-0.05, 0) is 79.4 Å². The minimum absolute atomic E-state index is 0.0647. The minimum atomic E-state index is -4.46. The Balaban J connectivity index is 1.53. The summed E-state index contributed by atoms with van der Waals surface area (Å²) in [6.45, 7) is 5.51. The molecule has 0 bridgehead atoms. The number of alkyl halides is 3. The highest BCUT2D eigenvalue weighted by atomic mass is 19.4. The number of hydrogen-bond acceptors (Lipinski definition) is 3. The molecule has 222 valence electrons. The van der Waals surface area contributed by atoms with E-state index in [1.54, 1.807) is 85.6 Å². The molecular formula is C34H32F3N3O3. The van der Waals surface area contributed by atoms with Gasteiger partial charge in [-0.1, -0.05) is 60.7 Å². The Hall–Kier alpha value is -4.92. The normalized spacial score (nSPS) is 12.0. The van der Waals surface area contributed by atoms with Gasteiger partial charge in [0.15, 0.2) is 0 Å². The summed E-state index contributed by atoms with van der Waals surface area (Å²) < 4.78 is 39.1. The average molecular weight is 588 g/mol. The number of aryl methyl sites for hydroxylation is 1. The van der Waals surface area contributed by atoms with Crippen LogP contribution in [0, 0.1) is 6.92 Å². The van der Waals surface area contributed by atoms with Crippen LogP contribution in [0.25, 0.3) is 11.1 Å². The van der Waals surface area contributed by atoms with Crippen molar-refractivity contribution in [2.24, 2.45) is 0 Å². The fourth-order valence-corrected chi connectivity index (χ4v) is 4.51. The van der Waals surface area contributed by atoms with Crippen LogP contribution in [-0.4, -0.2) is 35.7 Å². The maximum absolute atomic E-state index is 13.3. The first-order valence-corrected chi connectivity index (χ1v) is 13.7. The van der Waals surface area contributed by atoms with Crippen LogP contribution in [-0.2, 0) is 11.0 Å². The average Bonchev–Trinajstić information content (AvgIpc) is 3.00. The first-order valence-electron chi connectivity index (χ1n) is 13.7. The van der Waals surface area contributed by atoms with Gasteiger partial charge < -0.3 is 15.5 Å². The highest BCUT2D eigenvalue weighted by Gasteiger charge is 2.30. The number of benzene rings is 4. The number of halogens is 3. The van der Waals surface area contributed by atoms with Crippen molar-refractivity contribution in [3.8, 4) is 11.1 Å². The van der Waals surface area contributed by atoms with Gasteiger partial charge in [-0.15, -0.1) is 0 Å². The minimum Gasteiger partial charge on any atom is -0.341 e. The summed E-state index contributed by atoms with van der Waals surface area (Å²) in [5.41, 5.74) is 2.47. The molecule has 2 N–H and O–H groups in total. The highest BCUT2D eigenvalue weighted by Crippen LogP contribution is 2.32. The van der Waals surface area contributed by atoms with Crippen LogP contribution in [0.1, 0.15) is 57.3 Å². The summed E-state index contributed by atoms with van der Waals surface area (Å²) >= 11 is 0. The molecular weight excluding hydrogens is 555 g/mol. The molecule has 0 aliphatic heterocycles. The van der Waals surface area contributed by atoms with Crippen molar-refractivity contribution in [2.45, 2.75) is 39.0 Å². The summed E-state index contributed by atoms with van der Waals surface area (Å²) in [4.78, 5) is 41.4. The van der Waals surface area contributed by atoms with Gasteiger partial charge in [0.1, 0.15) is 6.04 Å². The zero-order valence-corrected chi connectivity index (χ0v) is 24.2. The van der Waals surface area contributed by atoms with E-state index in [1.807, 2.05) is 19.9 Å². The number of anilines is 1. The van der Waals surface area contributed by atoms with Crippen LogP contribution in [0.4, 0.5) is 18.9 Å². The molecule has 43 heavy (non-hydrogen) atoms. The predicted octanol–water partition coefficient (Wildman–Crippen LogP) is 7.27. The van der Waals surface area contributed by atoms with E-state index in [2.05, 4.69) is 10.6 Å². The number of nitrogens with zero attached hydrogens (tertiary/aromatic N) is 1. The van der Waals surface area contributed by atoms with E-state index in [9.17, 15) is 27.6 Å². The molecule has 0 saturated carbocycles. The van der Waals surface area contributed by atoms with Gasteiger partial charge >= 0.3 is 6.18 Å². The standard InChI is InChI=1S/C34H32F3N3O3/c1-21(2)40(4)33(43)30(24-10-6-5-7-11-24)39-31(41)25-16-19-29(22(3)20-25)38-32(42)28-13-9-8-12-27(28)23-14-17-26(18-15-23)34(35,36)37/h5-21,30H,1-4H3,(H,38,42)(H,39,41)/t30-/m0/s1.